The number of nitrogen functional groups attached to an aromatic ring is 2. The summed E-state index contributed by atoms with van der Waals surface area (Å²) in [5, 5.41) is 0.0448. The normalized spacial score (nSPS) is 11.9. The van der Waals surface area contributed by atoms with Gasteiger partial charge in [-0.3, -0.25) is 4.79 Å². The molecule has 0 amide bonds. The van der Waals surface area contributed by atoms with Crippen LogP contribution in [0, 0.1) is 0 Å². The van der Waals surface area contributed by atoms with E-state index in [2.05, 4.69) is 9.97 Å². The Hall–Kier alpha value is -2.28. The van der Waals surface area contributed by atoms with Gasteiger partial charge in [-0.25, -0.2) is 9.97 Å². The molecular weight excluding hydrogens is 300 g/mol. The third-order valence-corrected chi connectivity index (χ3v) is 3.81. The van der Waals surface area contributed by atoms with E-state index in [0.29, 0.717) is 17.3 Å². The lowest BCUT2D eigenvalue weighted by Crippen LogP contribution is -2.14. The number of benzene rings is 1. The number of ether oxygens (including phenoxy) is 1. The molecule has 4 N–H and O–H groups in total. The summed E-state index contributed by atoms with van der Waals surface area (Å²) in [6.45, 7) is 4.30. The smallest absolute Gasteiger partial charge is 0.192 e. The van der Waals surface area contributed by atoms with Gasteiger partial charge in [-0.05, 0) is 38.1 Å². The second kappa shape index (κ2) is 7.13. The fraction of sp³-hybridized carbons (Fsp3) is 0.267. The van der Waals surface area contributed by atoms with Crippen LogP contribution in [0.25, 0.3) is 0 Å². The number of ketones is 1. The standard InChI is InChI=1S/C15H18N4O2S/c1-3-21-11-6-4-10(5-7-11)14(20)9(2)22-15-18-12(16)8-13(17)19-15/h4-9H,3H2,1-2H3,(H4,16,17,18,19). The molecule has 22 heavy (non-hydrogen) atoms. The molecule has 1 unspecified atom stereocenters. The molecule has 0 saturated heterocycles. The minimum Gasteiger partial charge on any atom is -0.494 e. The first-order valence-electron chi connectivity index (χ1n) is 6.83. The molecule has 0 radical (unpaired) electrons. The molecule has 1 atom stereocenters. The molecule has 1 aromatic heterocycles. The summed E-state index contributed by atoms with van der Waals surface area (Å²) in [6, 6.07) is 8.53. The fourth-order valence-corrected chi connectivity index (χ4v) is 2.72. The zero-order valence-corrected chi connectivity index (χ0v) is 13.3. The number of rotatable bonds is 6. The van der Waals surface area contributed by atoms with Crippen molar-refractivity contribution >= 4 is 29.2 Å². The molecule has 0 aliphatic carbocycles. The van der Waals surface area contributed by atoms with Crippen molar-refractivity contribution in [3.63, 3.8) is 0 Å². The predicted molar refractivity (Wildman–Crippen MR) is 88.1 cm³/mol. The Morgan fingerprint density at radius 3 is 2.36 bits per heavy atom. The minimum atomic E-state index is -0.348. The van der Waals surface area contributed by atoms with Crippen LogP contribution < -0.4 is 16.2 Å². The monoisotopic (exact) mass is 318 g/mol. The van der Waals surface area contributed by atoms with Gasteiger partial charge in [-0.2, -0.15) is 0 Å². The van der Waals surface area contributed by atoms with E-state index in [0.717, 1.165) is 5.75 Å². The van der Waals surface area contributed by atoms with Crippen LogP contribution in [0.1, 0.15) is 24.2 Å². The summed E-state index contributed by atoms with van der Waals surface area (Å²) in [5.74, 6) is 1.30. The SMILES string of the molecule is CCOc1ccc(C(=O)C(C)Sc2nc(N)cc(N)n2)cc1. The Balaban J connectivity index is 2.08. The Labute approximate surface area is 133 Å². The van der Waals surface area contributed by atoms with Gasteiger partial charge >= 0.3 is 0 Å². The number of aromatic nitrogens is 2. The van der Waals surface area contributed by atoms with Crippen molar-refractivity contribution in [1.82, 2.24) is 9.97 Å². The van der Waals surface area contributed by atoms with Crippen molar-refractivity contribution in [2.45, 2.75) is 24.3 Å². The summed E-state index contributed by atoms with van der Waals surface area (Å²) in [6.07, 6.45) is 0. The van der Waals surface area contributed by atoms with E-state index < -0.39 is 0 Å². The van der Waals surface area contributed by atoms with Crippen LogP contribution in [-0.2, 0) is 0 Å². The molecule has 1 aromatic carbocycles. The molecule has 0 aliphatic heterocycles. The molecule has 0 saturated carbocycles. The number of thioether (sulfide) groups is 1. The van der Waals surface area contributed by atoms with Crippen LogP contribution in [0.4, 0.5) is 11.6 Å². The van der Waals surface area contributed by atoms with Gasteiger partial charge in [0.15, 0.2) is 10.9 Å². The molecule has 1 heterocycles. The highest BCUT2D eigenvalue weighted by atomic mass is 32.2. The number of carbonyl (C=O) groups excluding carboxylic acids is 1. The van der Waals surface area contributed by atoms with Gasteiger partial charge in [0.05, 0.1) is 11.9 Å². The first-order valence-corrected chi connectivity index (χ1v) is 7.71. The topological polar surface area (TPSA) is 104 Å². The molecule has 6 nitrogen and oxygen atoms in total. The first-order chi connectivity index (χ1) is 10.5. The van der Waals surface area contributed by atoms with Crippen molar-refractivity contribution in [2.24, 2.45) is 0 Å². The Morgan fingerprint density at radius 1 is 1.23 bits per heavy atom. The maximum atomic E-state index is 12.4. The van der Waals surface area contributed by atoms with E-state index in [1.807, 2.05) is 6.92 Å². The van der Waals surface area contributed by atoms with Crippen LogP contribution in [0.15, 0.2) is 35.5 Å². The quantitative estimate of drug-likeness (QED) is 0.479. The number of hydrogen-bond acceptors (Lipinski definition) is 7. The zero-order chi connectivity index (χ0) is 16.1. The molecule has 0 bridgehead atoms. The summed E-state index contributed by atoms with van der Waals surface area (Å²) < 4.78 is 5.36. The van der Waals surface area contributed by atoms with Crippen LogP contribution in [0.5, 0.6) is 5.75 Å². The lowest BCUT2D eigenvalue weighted by atomic mass is 10.1. The lowest BCUT2D eigenvalue weighted by Gasteiger charge is -2.10. The predicted octanol–water partition coefficient (Wildman–Crippen LogP) is 2.40. The summed E-state index contributed by atoms with van der Waals surface area (Å²) in [4.78, 5) is 20.5. The van der Waals surface area contributed by atoms with Gasteiger partial charge in [-0.1, -0.05) is 11.8 Å². The second-order valence-electron chi connectivity index (χ2n) is 4.58. The maximum absolute atomic E-state index is 12.4. The molecule has 7 heteroatoms. The molecule has 0 fully saturated rings. The third-order valence-electron chi connectivity index (χ3n) is 2.85. The molecule has 0 spiro atoms. The van der Waals surface area contributed by atoms with E-state index in [4.69, 9.17) is 16.2 Å². The van der Waals surface area contributed by atoms with Crippen LogP contribution >= 0.6 is 11.8 Å². The number of Topliss-reactive ketones (excluding diaryl/α,β-unsaturated/α-hetero) is 1. The van der Waals surface area contributed by atoms with Crippen molar-refractivity contribution < 1.29 is 9.53 Å². The lowest BCUT2D eigenvalue weighted by molar-refractivity contribution is 0.0994. The summed E-state index contributed by atoms with van der Waals surface area (Å²) in [7, 11) is 0. The van der Waals surface area contributed by atoms with Crippen LogP contribution in [0.3, 0.4) is 0 Å². The van der Waals surface area contributed by atoms with Crippen molar-refractivity contribution in [3.05, 3.63) is 35.9 Å². The van der Waals surface area contributed by atoms with Gasteiger partial charge in [0.2, 0.25) is 0 Å². The molecule has 2 rings (SSSR count). The maximum Gasteiger partial charge on any atom is 0.192 e. The number of hydrogen-bond donors (Lipinski definition) is 2. The number of nitrogens with two attached hydrogens (primary N) is 2. The van der Waals surface area contributed by atoms with E-state index in [9.17, 15) is 4.79 Å². The van der Waals surface area contributed by atoms with Crippen molar-refractivity contribution in [3.8, 4) is 5.75 Å². The molecule has 116 valence electrons. The van der Waals surface area contributed by atoms with Crippen LogP contribution in [0.2, 0.25) is 0 Å². The van der Waals surface area contributed by atoms with Gasteiger partial charge in [0.1, 0.15) is 17.4 Å². The van der Waals surface area contributed by atoms with E-state index >= 15 is 0 Å². The van der Waals surface area contributed by atoms with Crippen LogP contribution in [-0.4, -0.2) is 27.6 Å². The summed E-state index contributed by atoms with van der Waals surface area (Å²) in [5.41, 5.74) is 11.9. The molecule has 0 aliphatic rings. The zero-order valence-electron chi connectivity index (χ0n) is 12.4. The average molecular weight is 318 g/mol. The van der Waals surface area contributed by atoms with E-state index in [-0.39, 0.29) is 22.7 Å². The van der Waals surface area contributed by atoms with E-state index in [1.165, 1.54) is 17.8 Å². The molecule has 2 aromatic rings. The first kappa shape index (κ1) is 16.1. The highest BCUT2D eigenvalue weighted by Crippen LogP contribution is 2.25. The number of anilines is 2. The van der Waals surface area contributed by atoms with Gasteiger partial charge < -0.3 is 16.2 Å². The number of nitrogens with zero attached hydrogens (tertiary/aromatic N) is 2. The van der Waals surface area contributed by atoms with E-state index in [1.54, 1.807) is 31.2 Å². The Kier molecular flexibility index (Phi) is 5.21. The van der Waals surface area contributed by atoms with Crippen molar-refractivity contribution in [2.75, 3.05) is 18.1 Å². The highest BCUT2D eigenvalue weighted by Gasteiger charge is 2.18. The van der Waals surface area contributed by atoms with Gasteiger partial charge in [0.25, 0.3) is 0 Å². The van der Waals surface area contributed by atoms with Gasteiger partial charge in [-0.15, -0.1) is 0 Å². The second-order valence-corrected chi connectivity index (χ2v) is 5.89. The largest absolute Gasteiger partial charge is 0.494 e. The summed E-state index contributed by atoms with van der Waals surface area (Å²) >= 11 is 1.23. The highest BCUT2D eigenvalue weighted by molar-refractivity contribution is 8.00. The third kappa shape index (κ3) is 4.11. The fourth-order valence-electron chi connectivity index (χ4n) is 1.84. The minimum absolute atomic E-state index is 0.0161. The van der Waals surface area contributed by atoms with Gasteiger partial charge in [0, 0.05) is 11.6 Å². The van der Waals surface area contributed by atoms with Crippen molar-refractivity contribution in [1.29, 1.82) is 0 Å². The Morgan fingerprint density at radius 2 is 1.82 bits per heavy atom. The number of carbonyl (C=O) groups is 1. The molecular formula is C15H18N4O2S. The Bertz CT molecular complexity index is 641. The average Bonchev–Trinajstić information content (AvgIpc) is 2.46.